The fraction of sp³-hybridized carbons (Fsp3) is 0.536. The van der Waals surface area contributed by atoms with Gasteiger partial charge in [0.25, 0.3) is 0 Å². The lowest BCUT2D eigenvalue weighted by molar-refractivity contribution is 0.104. The van der Waals surface area contributed by atoms with E-state index in [9.17, 15) is 13.6 Å². The molecular formula is C28H36F2N4O. The van der Waals surface area contributed by atoms with Crippen LogP contribution in [0.4, 0.5) is 25.0 Å². The first kappa shape index (κ1) is 24.0. The first-order valence-corrected chi connectivity index (χ1v) is 12.9. The maximum absolute atomic E-state index is 14.3. The van der Waals surface area contributed by atoms with Gasteiger partial charge in [-0.15, -0.1) is 0 Å². The van der Waals surface area contributed by atoms with Crippen LogP contribution in [0.25, 0.3) is 0 Å². The van der Waals surface area contributed by atoms with Gasteiger partial charge in [0, 0.05) is 56.6 Å². The van der Waals surface area contributed by atoms with Crippen LogP contribution in [-0.4, -0.2) is 68.7 Å². The lowest BCUT2D eigenvalue weighted by Crippen LogP contribution is -2.52. The second-order valence-electron chi connectivity index (χ2n) is 10.6. The third kappa shape index (κ3) is 4.39. The van der Waals surface area contributed by atoms with Crippen LogP contribution in [0.3, 0.4) is 0 Å². The predicted octanol–water partition coefficient (Wildman–Crippen LogP) is 5.03. The van der Waals surface area contributed by atoms with Crippen molar-refractivity contribution in [3.8, 4) is 0 Å². The molecule has 0 atom stereocenters. The van der Waals surface area contributed by atoms with Gasteiger partial charge in [-0.2, -0.15) is 0 Å². The van der Waals surface area contributed by atoms with Crippen molar-refractivity contribution < 1.29 is 13.6 Å². The summed E-state index contributed by atoms with van der Waals surface area (Å²) in [7, 11) is 3.53. The summed E-state index contributed by atoms with van der Waals surface area (Å²) in [6.07, 6.45) is 4.86. The number of likely N-dealkylation sites (tertiary alicyclic amines) is 1. The van der Waals surface area contributed by atoms with E-state index in [-0.39, 0.29) is 23.1 Å². The number of amides is 2. The molecule has 2 saturated heterocycles. The number of anilines is 2. The van der Waals surface area contributed by atoms with Gasteiger partial charge in [0.15, 0.2) is 0 Å². The minimum atomic E-state index is -0.235. The quantitative estimate of drug-likeness (QED) is 0.615. The first-order chi connectivity index (χ1) is 16.8. The van der Waals surface area contributed by atoms with Crippen LogP contribution in [0, 0.1) is 11.6 Å². The van der Waals surface area contributed by atoms with Gasteiger partial charge in [-0.05, 0) is 86.7 Å². The molecule has 2 aromatic carbocycles. The van der Waals surface area contributed by atoms with Gasteiger partial charge in [-0.1, -0.05) is 13.0 Å². The monoisotopic (exact) mass is 482 g/mol. The van der Waals surface area contributed by atoms with Crippen LogP contribution in [0.5, 0.6) is 0 Å². The number of benzene rings is 2. The number of halogens is 2. The fourth-order valence-electron chi connectivity index (χ4n) is 6.40. The normalized spacial score (nSPS) is 20.4. The number of urea groups is 1. The summed E-state index contributed by atoms with van der Waals surface area (Å²) in [5.74, 6) is -0.406. The van der Waals surface area contributed by atoms with Crippen LogP contribution >= 0.6 is 0 Å². The van der Waals surface area contributed by atoms with Crippen LogP contribution in [0.2, 0.25) is 0 Å². The Morgan fingerprint density at radius 2 is 1.63 bits per heavy atom. The number of fused-ring (bicyclic) bond motifs is 2. The molecule has 35 heavy (non-hydrogen) atoms. The molecule has 3 heterocycles. The molecule has 188 valence electrons. The summed E-state index contributed by atoms with van der Waals surface area (Å²) in [6.45, 7) is 6.50. The summed E-state index contributed by atoms with van der Waals surface area (Å²) >= 11 is 0. The molecule has 0 aromatic heterocycles. The average molecular weight is 483 g/mol. The molecule has 3 aliphatic heterocycles. The van der Waals surface area contributed by atoms with Crippen molar-refractivity contribution in [3.05, 3.63) is 59.2 Å². The van der Waals surface area contributed by atoms with Gasteiger partial charge in [-0.3, -0.25) is 4.90 Å². The molecular weight excluding hydrogens is 446 g/mol. The molecule has 0 aliphatic carbocycles. The second-order valence-corrected chi connectivity index (χ2v) is 10.6. The van der Waals surface area contributed by atoms with Crippen LogP contribution < -0.4 is 9.80 Å². The first-order valence-electron chi connectivity index (χ1n) is 12.9. The van der Waals surface area contributed by atoms with Gasteiger partial charge in [0.05, 0.1) is 0 Å². The zero-order chi connectivity index (χ0) is 24.7. The van der Waals surface area contributed by atoms with Crippen LogP contribution in [0.15, 0.2) is 36.4 Å². The highest BCUT2D eigenvalue weighted by molar-refractivity contribution is 5.95. The summed E-state index contributed by atoms with van der Waals surface area (Å²) in [5, 5.41) is 0. The zero-order valence-electron chi connectivity index (χ0n) is 21.1. The lowest BCUT2D eigenvalue weighted by Gasteiger charge is -2.46. The minimum absolute atomic E-state index is 0.0478. The number of aryl methyl sites for hydroxylation is 1. The third-order valence-corrected chi connectivity index (χ3v) is 8.40. The highest BCUT2D eigenvalue weighted by Crippen LogP contribution is 2.48. The molecule has 1 spiro atoms. The van der Waals surface area contributed by atoms with Crippen LogP contribution in [0.1, 0.15) is 43.7 Å². The number of piperidine rings is 2. The molecule has 0 saturated carbocycles. The molecule has 0 unspecified atom stereocenters. The van der Waals surface area contributed by atoms with E-state index in [4.69, 9.17) is 0 Å². The SMILES string of the molecule is CCc1ccc(F)cc1N1CCC(N2CCC3(CC2)CN(C(=O)N(C)C)c2ccc(F)cc23)CC1. The standard InChI is InChI=1S/C28H36F2N4O/c1-4-20-5-6-22(30)18-26(20)33-13-9-23(10-14-33)32-15-11-28(12-16-32)19-34(27(35)31(2)3)25-8-7-21(29)17-24(25)28/h5-8,17-18,23H,4,9-16,19H2,1-3H3. The van der Waals surface area contributed by atoms with Gasteiger partial charge >= 0.3 is 6.03 Å². The van der Waals surface area contributed by atoms with E-state index >= 15 is 0 Å². The summed E-state index contributed by atoms with van der Waals surface area (Å²) in [5.41, 5.74) is 3.90. The Labute approximate surface area is 207 Å². The number of rotatable bonds is 3. The summed E-state index contributed by atoms with van der Waals surface area (Å²) in [6, 6.07) is 10.5. The number of carbonyl (C=O) groups excluding carboxylic acids is 1. The second kappa shape index (κ2) is 9.41. The molecule has 2 aromatic rings. The Kier molecular flexibility index (Phi) is 6.47. The van der Waals surface area contributed by atoms with Gasteiger partial charge in [0.2, 0.25) is 0 Å². The van der Waals surface area contributed by atoms with E-state index < -0.39 is 0 Å². The largest absolute Gasteiger partial charge is 0.371 e. The topological polar surface area (TPSA) is 30.0 Å². The van der Waals surface area contributed by atoms with Crippen molar-refractivity contribution in [1.29, 1.82) is 0 Å². The van der Waals surface area contributed by atoms with Crippen LogP contribution in [-0.2, 0) is 11.8 Å². The molecule has 2 fully saturated rings. The lowest BCUT2D eigenvalue weighted by atomic mass is 9.74. The maximum Gasteiger partial charge on any atom is 0.323 e. The van der Waals surface area contributed by atoms with Crippen molar-refractivity contribution in [2.45, 2.75) is 50.5 Å². The molecule has 2 amide bonds. The molecule has 5 nitrogen and oxygen atoms in total. The molecule has 3 aliphatic rings. The third-order valence-electron chi connectivity index (χ3n) is 8.40. The zero-order valence-corrected chi connectivity index (χ0v) is 21.1. The minimum Gasteiger partial charge on any atom is -0.371 e. The molecule has 7 heteroatoms. The van der Waals surface area contributed by atoms with E-state index in [2.05, 4.69) is 16.7 Å². The van der Waals surface area contributed by atoms with E-state index in [0.29, 0.717) is 12.6 Å². The van der Waals surface area contributed by atoms with Crippen molar-refractivity contribution in [2.24, 2.45) is 0 Å². The van der Waals surface area contributed by atoms with Gasteiger partial charge in [0.1, 0.15) is 11.6 Å². The molecule has 0 radical (unpaired) electrons. The van der Waals surface area contributed by atoms with Gasteiger partial charge < -0.3 is 14.7 Å². The van der Waals surface area contributed by atoms with E-state index in [0.717, 1.165) is 75.2 Å². The Morgan fingerprint density at radius 1 is 0.971 bits per heavy atom. The average Bonchev–Trinajstić information content (AvgIpc) is 3.17. The Hall–Kier alpha value is -2.67. The van der Waals surface area contributed by atoms with Crippen molar-refractivity contribution >= 4 is 17.4 Å². The molecule has 0 bridgehead atoms. The summed E-state index contributed by atoms with van der Waals surface area (Å²) in [4.78, 5) is 21.2. The predicted molar refractivity (Wildman–Crippen MR) is 136 cm³/mol. The highest BCUT2D eigenvalue weighted by atomic mass is 19.1. The fourth-order valence-corrected chi connectivity index (χ4v) is 6.40. The van der Waals surface area contributed by atoms with E-state index in [1.807, 2.05) is 11.0 Å². The number of nitrogens with zero attached hydrogens (tertiary/aromatic N) is 4. The van der Waals surface area contributed by atoms with Crippen molar-refractivity contribution in [2.75, 3.05) is 56.6 Å². The van der Waals surface area contributed by atoms with E-state index in [1.54, 1.807) is 43.3 Å². The number of hydrogen-bond acceptors (Lipinski definition) is 3. The Morgan fingerprint density at radius 3 is 2.29 bits per heavy atom. The molecule has 0 N–H and O–H groups in total. The van der Waals surface area contributed by atoms with E-state index in [1.165, 1.54) is 11.6 Å². The number of carbonyl (C=O) groups is 1. The summed E-state index contributed by atoms with van der Waals surface area (Å²) < 4.78 is 28.2. The maximum atomic E-state index is 14.3. The highest BCUT2D eigenvalue weighted by Gasteiger charge is 2.47. The smallest absolute Gasteiger partial charge is 0.323 e. The van der Waals surface area contributed by atoms with Crippen molar-refractivity contribution in [3.63, 3.8) is 0 Å². The van der Waals surface area contributed by atoms with Crippen molar-refractivity contribution in [1.82, 2.24) is 9.80 Å². The Balaban J connectivity index is 1.26. The molecule has 5 rings (SSSR count). The number of hydrogen-bond donors (Lipinski definition) is 0. The van der Waals surface area contributed by atoms with Gasteiger partial charge in [-0.25, -0.2) is 13.6 Å². The Bertz CT molecular complexity index is 1090.